The number of ether oxygens (including phenoxy) is 2. The van der Waals surface area contributed by atoms with Gasteiger partial charge >= 0.3 is 0 Å². The SMILES string of the molecule is O=C(CCC(=O)NCCNC(=O)CCN1COC=CC1=O)NCCNC(=O)CCN1COC=CC1=O. The van der Waals surface area contributed by atoms with Crippen LogP contribution in [0.1, 0.15) is 25.7 Å². The van der Waals surface area contributed by atoms with Gasteiger partial charge in [-0.15, -0.1) is 0 Å². The molecule has 0 radical (unpaired) electrons. The molecular formula is C22H32N6O8. The van der Waals surface area contributed by atoms with Crippen LogP contribution in [0.2, 0.25) is 0 Å². The number of nitrogens with one attached hydrogen (secondary N) is 4. The van der Waals surface area contributed by atoms with Crippen LogP contribution >= 0.6 is 0 Å². The first-order valence-electron chi connectivity index (χ1n) is 11.6. The maximum atomic E-state index is 11.8. The standard InChI is InChI=1S/C22H32N6O8/c29-17(23-7-9-25-19(31)3-11-27-15-35-13-5-21(27)33)1-2-18(30)24-8-10-26-20(32)4-12-28-16-36-14-6-22(28)34/h5-6,13-14H,1-4,7-12,15-16H2,(H,23,29)(H,24,30)(H,25,31)(H,26,32). The Morgan fingerprint density at radius 1 is 0.611 bits per heavy atom. The molecular weight excluding hydrogens is 476 g/mol. The lowest BCUT2D eigenvalue weighted by atomic mass is 10.2. The molecule has 0 bridgehead atoms. The fourth-order valence-electron chi connectivity index (χ4n) is 3.03. The summed E-state index contributed by atoms with van der Waals surface area (Å²) in [7, 11) is 0. The average Bonchev–Trinajstić information content (AvgIpc) is 2.87. The number of rotatable bonds is 15. The summed E-state index contributed by atoms with van der Waals surface area (Å²) in [5, 5.41) is 10.5. The Morgan fingerprint density at radius 2 is 0.944 bits per heavy atom. The molecule has 0 saturated heterocycles. The van der Waals surface area contributed by atoms with Crippen LogP contribution in [0, 0.1) is 0 Å². The Balaban J connectivity index is 1.42. The minimum atomic E-state index is -0.332. The molecule has 0 saturated carbocycles. The highest BCUT2D eigenvalue weighted by atomic mass is 16.5. The van der Waals surface area contributed by atoms with E-state index in [0.717, 1.165) is 0 Å². The van der Waals surface area contributed by atoms with Gasteiger partial charge < -0.3 is 40.5 Å². The van der Waals surface area contributed by atoms with Gasteiger partial charge in [-0.2, -0.15) is 0 Å². The van der Waals surface area contributed by atoms with Crippen molar-refractivity contribution in [1.82, 2.24) is 31.1 Å². The van der Waals surface area contributed by atoms with E-state index in [1.54, 1.807) is 0 Å². The van der Waals surface area contributed by atoms with Gasteiger partial charge in [-0.25, -0.2) is 0 Å². The first-order valence-corrected chi connectivity index (χ1v) is 11.6. The van der Waals surface area contributed by atoms with Crippen molar-refractivity contribution in [2.75, 3.05) is 52.7 Å². The van der Waals surface area contributed by atoms with Crippen LogP contribution < -0.4 is 21.3 Å². The smallest absolute Gasteiger partial charge is 0.252 e. The molecule has 0 unspecified atom stereocenters. The summed E-state index contributed by atoms with van der Waals surface area (Å²) in [6, 6.07) is 0. The Labute approximate surface area is 208 Å². The fourth-order valence-corrected chi connectivity index (χ4v) is 3.03. The van der Waals surface area contributed by atoms with Crippen LogP contribution in [0.3, 0.4) is 0 Å². The molecule has 2 aliphatic rings. The molecule has 14 nitrogen and oxygen atoms in total. The maximum Gasteiger partial charge on any atom is 0.252 e. The Bertz CT molecular complexity index is 805. The maximum absolute atomic E-state index is 11.8. The zero-order chi connectivity index (χ0) is 26.2. The van der Waals surface area contributed by atoms with Crippen molar-refractivity contribution in [1.29, 1.82) is 0 Å². The van der Waals surface area contributed by atoms with Crippen molar-refractivity contribution >= 4 is 35.4 Å². The van der Waals surface area contributed by atoms with Crippen LogP contribution in [-0.4, -0.2) is 98.0 Å². The largest absolute Gasteiger partial charge is 0.480 e. The molecule has 0 atom stereocenters. The van der Waals surface area contributed by atoms with E-state index >= 15 is 0 Å². The normalized spacial score (nSPS) is 14.6. The average molecular weight is 509 g/mol. The van der Waals surface area contributed by atoms with Gasteiger partial charge in [0.05, 0.1) is 12.5 Å². The summed E-state index contributed by atoms with van der Waals surface area (Å²) >= 11 is 0. The van der Waals surface area contributed by atoms with E-state index < -0.39 is 0 Å². The lowest BCUT2D eigenvalue weighted by Crippen LogP contribution is -2.39. The fraction of sp³-hybridized carbons (Fsp3) is 0.545. The van der Waals surface area contributed by atoms with Crippen LogP contribution in [-0.2, 0) is 38.2 Å². The molecule has 2 rings (SSSR count). The van der Waals surface area contributed by atoms with Crippen LogP contribution in [0.15, 0.2) is 24.7 Å². The molecule has 14 heteroatoms. The van der Waals surface area contributed by atoms with E-state index in [-0.39, 0.29) is 114 Å². The summed E-state index contributed by atoms with van der Waals surface area (Å²) in [5.74, 6) is -1.62. The van der Waals surface area contributed by atoms with Crippen molar-refractivity contribution in [3.8, 4) is 0 Å². The Hall–Kier alpha value is -4.10. The van der Waals surface area contributed by atoms with E-state index in [4.69, 9.17) is 9.47 Å². The van der Waals surface area contributed by atoms with Gasteiger partial charge in [-0.1, -0.05) is 0 Å². The minimum absolute atomic E-state index is 0.0168. The summed E-state index contributed by atoms with van der Waals surface area (Å²) in [5.41, 5.74) is 0. The summed E-state index contributed by atoms with van der Waals surface area (Å²) in [6.45, 7) is 1.53. The highest BCUT2D eigenvalue weighted by Gasteiger charge is 2.16. The minimum Gasteiger partial charge on any atom is -0.480 e. The van der Waals surface area contributed by atoms with Crippen LogP contribution in [0.25, 0.3) is 0 Å². The van der Waals surface area contributed by atoms with Crippen molar-refractivity contribution in [2.24, 2.45) is 0 Å². The van der Waals surface area contributed by atoms with E-state index in [1.807, 2.05) is 0 Å². The van der Waals surface area contributed by atoms with Crippen LogP contribution in [0.4, 0.5) is 0 Å². The molecule has 2 heterocycles. The van der Waals surface area contributed by atoms with Gasteiger partial charge in [0.2, 0.25) is 23.6 Å². The van der Waals surface area contributed by atoms with Gasteiger partial charge in [0, 0.05) is 77.1 Å². The first-order chi connectivity index (χ1) is 17.3. The molecule has 0 aromatic carbocycles. The number of carbonyl (C=O) groups excluding carboxylic acids is 6. The van der Waals surface area contributed by atoms with E-state index in [1.165, 1.54) is 34.5 Å². The lowest BCUT2D eigenvalue weighted by Gasteiger charge is -2.22. The van der Waals surface area contributed by atoms with E-state index in [0.29, 0.717) is 0 Å². The predicted octanol–water partition coefficient (Wildman–Crippen LogP) is -2.33. The number of hydrogen-bond acceptors (Lipinski definition) is 8. The lowest BCUT2D eigenvalue weighted by molar-refractivity contribution is -0.134. The number of carbonyl (C=O) groups is 6. The second-order valence-electron chi connectivity index (χ2n) is 7.80. The van der Waals surface area contributed by atoms with Crippen LogP contribution in [0.5, 0.6) is 0 Å². The third-order valence-electron chi connectivity index (χ3n) is 5.03. The zero-order valence-corrected chi connectivity index (χ0v) is 20.0. The molecule has 4 N–H and O–H groups in total. The predicted molar refractivity (Wildman–Crippen MR) is 124 cm³/mol. The number of hydrogen-bond donors (Lipinski definition) is 4. The van der Waals surface area contributed by atoms with Crippen molar-refractivity contribution in [3.63, 3.8) is 0 Å². The second kappa shape index (κ2) is 15.7. The molecule has 0 spiro atoms. The van der Waals surface area contributed by atoms with Gasteiger partial charge in [0.25, 0.3) is 11.8 Å². The molecule has 36 heavy (non-hydrogen) atoms. The molecule has 0 fully saturated rings. The number of nitrogens with zero attached hydrogens (tertiary/aromatic N) is 2. The van der Waals surface area contributed by atoms with Crippen molar-refractivity contribution in [3.05, 3.63) is 24.7 Å². The van der Waals surface area contributed by atoms with E-state index in [2.05, 4.69) is 21.3 Å². The molecule has 0 aliphatic carbocycles. The van der Waals surface area contributed by atoms with Crippen molar-refractivity contribution < 1.29 is 38.2 Å². The van der Waals surface area contributed by atoms with Gasteiger partial charge in [0.1, 0.15) is 0 Å². The Kier molecular flexibility index (Phi) is 12.3. The highest BCUT2D eigenvalue weighted by molar-refractivity contribution is 5.89. The summed E-state index contributed by atoms with van der Waals surface area (Å²) in [6.07, 6.45) is 5.38. The molecule has 0 aromatic heterocycles. The summed E-state index contributed by atoms with van der Waals surface area (Å²) < 4.78 is 10.0. The van der Waals surface area contributed by atoms with Gasteiger partial charge in [0.15, 0.2) is 13.5 Å². The molecule has 198 valence electrons. The molecule has 0 aromatic rings. The van der Waals surface area contributed by atoms with Gasteiger partial charge in [-0.05, 0) is 0 Å². The number of amides is 6. The van der Waals surface area contributed by atoms with Crippen molar-refractivity contribution in [2.45, 2.75) is 25.7 Å². The topological polar surface area (TPSA) is 175 Å². The third-order valence-corrected chi connectivity index (χ3v) is 5.03. The van der Waals surface area contributed by atoms with Gasteiger partial charge in [-0.3, -0.25) is 28.8 Å². The first kappa shape index (κ1) is 28.1. The summed E-state index contributed by atoms with van der Waals surface area (Å²) in [4.78, 5) is 73.2. The molecule has 2 aliphatic heterocycles. The monoisotopic (exact) mass is 508 g/mol. The highest BCUT2D eigenvalue weighted by Crippen LogP contribution is 2.02. The quantitative estimate of drug-likeness (QED) is 0.178. The second-order valence-corrected chi connectivity index (χ2v) is 7.80. The van der Waals surface area contributed by atoms with E-state index in [9.17, 15) is 28.8 Å². The zero-order valence-electron chi connectivity index (χ0n) is 20.0. The Morgan fingerprint density at radius 3 is 1.28 bits per heavy atom. The molecule has 6 amide bonds. The third kappa shape index (κ3) is 11.4.